The van der Waals surface area contributed by atoms with Crippen molar-refractivity contribution in [2.24, 2.45) is 5.92 Å². The van der Waals surface area contributed by atoms with Gasteiger partial charge in [0.05, 0.1) is 10.9 Å². The number of hydrogen-bond acceptors (Lipinski definition) is 2. The molecule has 98 valence electrons. The summed E-state index contributed by atoms with van der Waals surface area (Å²) in [5.41, 5.74) is 0. The zero-order valence-electron chi connectivity index (χ0n) is 10.6. The molecule has 2 rings (SSSR count). The number of thiophene rings is 1. The summed E-state index contributed by atoms with van der Waals surface area (Å²) >= 11 is 7.47. The molecule has 1 heterocycles. The number of nitrogens with zero attached hydrogens (tertiary/aromatic N) is 1. The molecular formula is C14H18ClNOS. The number of carbonyl (C=O) groups excluding carboxylic acids is 1. The van der Waals surface area contributed by atoms with Crippen molar-refractivity contribution < 1.29 is 4.79 Å². The Kier molecular flexibility index (Phi) is 4.84. The first-order valence-corrected chi connectivity index (χ1v) is 7.58. The molecule has 0 radical (unpaired) electrons. The number of amides is 1. The van der Waals surface area contributed by atoms with Crippen LogP contribution in [-0.2, 0) is 11.3 Å². The molecule has 0 saturated heterocycles. The Balaban J connectivity index is 1.99. The van der Waals surface area contributed by atoms with Gasteiger partial charge < -0.3 is 4.90 Å². The van der Waals surface area contributed by atoms with Crippen LogP contribution in [0.3, 0.4) is 0 Å². The minimum atomic E-state index is 0.172. The van der Waals surface area contributed by atoms with Crippen molar-refractivity contribution in [1.82, 2.24) is 4.90 Å². The lowest BCUT2D eigenvalue weighted by molar-refractivity contribution is -0.136. The molecule has 0 fully saturated rings. The van der Waals surface area contributed by atoms with E-state index >= 15 is 0 Å². The lowest BCUT2D eigenvalue weighted by Gasteiger charge is -2.26. The highest BCUT2D eigenvalue weighted by molar-refractivity contribution is 7.16. The highest BCUT2D eigenvalue weighted by Gasteiger charge is 2.23. The Labute approximate surface area is 117 Å². The topological polar surface area (TPSA) is 20.3 Å². The van der Waals surface area contributed by atoms with E-state index in [0.29, 0.717) is 6.54 Å². The Morgan fingerprint density at radius 1 is 1.50 bits per heavy atom. The van der Waals surface area contributed by atoms with Crippen molar-refractivity contribution in [1.29, 1.82) is 0 Å². The Morgan fingerprint density at radius 3 is 2.89 bits per heavy atom. The molecule has 1 unspecified atom stereocenters. The van der Waals surface area contributed by atoms with Crippen LogP contribution in [0.15, 0.2) is 24.3 Å². The maximum atomic E-state index is 12.4. The molecule has 0 bridgehead atoms. The number of allylic oxidation sites excluding steroid dienone is 2. The summed E-state index contributed by atoms with van der Waals surface area (Å²) in [5, 5.41) is 0. The van der Waals surface area contributed by atoms with Gasteiger partial charge in [-0.25, -0.2) is 0 Å². The molecule has 1 aromatic heterocycles. The maximum Gasteiger partial charge on any atom is 0.226 e. The van der Waals surface area contributed by atoms with Crippen molar-refractivity contribution in [3.8, 4) is 0 Å². The van der Waals surface area contributed by atoms with Crippen LogP contribution in [0.4, 0.5) is 0 Å². The fourth-order valence-corrected chi connectivity index (χ4v) is 3.35. The molecule has 1 amide bonds. The maximum absolute atomic E-state index is 12.4. The molecule has 4 heteroatoms. The summed E-state index contributed by atoms with van der Waals surface area (Å²) in [6, 6.07) is 3.90. The van der Waals surface area contributed by atoms with Gasteiger partial charge in [-0.1, -0.05) is 23.8 Å². The fraction of sp³-hybridized carbons (Fsp3) is 0.500. The lowest BCUT2D eigenvalue weighted by atomic mass is 9.93. The van der Waals surface area contributed by atoms with Crippen LogP contribution in [0.1, 0.15) is 31.1 Å². The van der Waals surface area contributed by atoms with Gasteiger partial charge in [0, 0.05) is 17.3 Å². The van der Waals surface area contributed by atoms with Gasteiger partial charge in [0.1, 0.15) is 0 Å². The van der Waals surface area contributed by atoms with Crippen LogP contribution >= 0.6 is 22.9 Å². The van der Waals surface area contributed by atoms with E-state index in [-0.39, 0.29) is 11.8 Å². The van der Waals surface area contributed by atoms with Crippen molar-refractivity contribution in [3.63, 3.8) is 0 Å². The molecule has 0 N–H and O–H groups in total. The van der Waals surface area contributed by atoms with E-state index in [1.165, 1.54) is 0 Å². The van der Waals surface area contributed by atoms with Gasteiger partial charge in [-0.15, -0.1) is 11.3 Å². The van der Waals surface area contributed by atoms with Crippen molar-refractivity contribution in [2.45, 2.75) is 32.7 Å². The van der Waals surface area contributed by atoms with Crippen LogP contribution in [0.25, 0.3) is 0 Å². The summed E-state index contributed by atoms with van der Waals surface area (Å²) in [4.78, 5) is 15.5. The van der Waals surface area contributed by atoms with Gasteiger partial charge in [-0.05, 0) is 38.3 Å². The van der Waals surface area contributed by atoms with Crippen LogP contribution < -0.4 is 0 Å². The van der Waals surface area contributed by atoms with Crippen molar-refractivity contribution in [3.05, 3.63) is 33.5 Å². The quantitative estimate of drug-likeness (QED) is 0.762. The first-order chi connectivity index (χ1) is 8.70. The van der Waals surface area contributed by atoms with E-state index in [9.17, 15) is 4.79 Å². The van der Waals surface area contributed by atoms with Crippen molar-refractivity contribution in [2.75, 3.05) is 6.54 Å². The molecule has 1 atom stereocenters. The van der Waals surface area contributed by atoms with Crippen LogP contribution in [0.2, 0.25) is 4.34 Å². The molecule has 2 nitrogen and oxygen atoms in total. The number of carbonyl (C=O) groups is 1. The average Bonchev–Trinajstić information content (AvgIpc) is 2.82. The second kappa shape index (κ2) is 6.39. The highest BCUT2D eigenvalue weighted by Crippen LogP contribution is 2.25. The molecule has 1 aromatic rings. The number of rotatable bonds is 4. The molecule has 1 aliphatic carbocycles. The van der Waals surface area contributed by atoms with Gasteiger partial charge in [0.15, 0.2) is 0 Å². The smallest absolute Gasteiger partial charge is 0.226 e. The van der Waals surface area contributed by atoms with Gasteiger partial charge >= 0.3 is 0 Å². The number of hydrogen-bond donors (Lipinski definition) is 0. The molecular weight excluding hydrogens is 266 g/mol. The SMILES string of the molecule is CCN(Cc1ccc(Cl)s1)C(=O)C1CC=CCC1. The third kappa shape index (κ3) is 3.36. The second-order valence-electron chi connectivity index (χ2n) is 4.54. The van der Waals surface area contributed by atoms with Crippen LogP contribution in [0.5, 0.6) is 0 Å². The Hall–Kier alpha value is -0.800. The lowest BCUT2D eigenvalue weighted by Crippen LogP contribution is -2.35. The third-order valence-electron chi connectivity index (χ3n) is 3.29. The van der Waals surface area contributed by atoms with Gasteiger partial charge in [-0.3, -0.25) is 4.79 Å². The second-order valence-corrected chi connectivity index (χ2v) is 6.34. The Bertz CT molecular complexity index is 441. The van der Waals surface area contributed by atoms with E-state index < -0.39 is 0 Å². The minimum absolute atomic E-state index is 0.172. The predicted molar refractivity (Wildman–Crippen MR) is 76.9 cm³/mol. The standard InChI is InChI=1S/C14H18ClNOS/c1-2-16(10-12-8-9-13(15)18-12)14(17)11-6-4-3-5-7-11/h3-4,8-9,11H,2,5-7,10H2,1H3. The predicted octanol–water partition coefficient (Wildman–Crippen LogP) is 4.11. The summed E-state index contributed by atoms with van der Waals surface area (Å²) in [6.45, 7) is 3.48. The summed E-state index contributed by atoms with van der Waals surface area (Å²) < 4.78 is 0.786. The molecule has 18 heavy (non-hydrogen) atoms. The first kappa shape index (κ1) is 13.6. The minimum Gasteiger partial charge on any atom is -0.338 e. The summed E-state index contributed by atoms with van der Waals surface area (Å²) in [5.74, 6) is 0.455. The zero-order valence-corrected chi connectivity index (χ0v) is 12.1. The number of halogens is 1. The third-order valence-corrected chi connectivity index (χ3v) is 4.50. The van der Waals surface area contributed by atoms with E-state index in [1.807, 2.05) is 24.0 Å². The van der Waals surface area contributed by atoms with Crippen LogP contribution in [0, 0.1) is 5.92 Å². The summed E-state index contributed by atoms with van der Waals surface area (Å²) in [7, 11) is 0. The van der Waals surface area contributed by atoms with Gasteiger partial charge in [0.25, 0.3) is 0 Å². The van der Waals surface area contributed by atoms with Crippen LogP contribution in [-0.4, -0.2) is 17.4 Å². The van der Waals surface area contributed by atoms with E-state index in [0.717, 1.165) is 35.0 Å². The fourth-order valence-electron chi connectivity index (χ4n) is 2.25. The van der Waals surface area contributed by atoms with E-state index in [4.69, 9.17) is 11.6 Å². The zero-order chi connectivity index (χ0) is 13.0. The summed E-state index contributed by atoms with van der Waals surface area (Å²) in [6.07, 6.45) is 7.19. The Morgan fingerprint density at radius 2 is 2.33 bits per heavy atom. The molecule has 1 aliphatic rings. The van der Waals surface area contributed by atoms with E-state index in [2.05, 4.69) is 12.2 Å². The van der Waals surface area contributed by atoms with Gasteiger partial charge in [-0.2, -0.15) is 0 Å². The normalized spacial score (nSPS) is 18.9. The van der Waals surface area contributed by atoms with E-state index in [1.54, 1.807) is 11.3 Å². The average molecular weight is 284 g/mol. The largest absolute Gasteiger partial charge is 0.338 e. The molecule has 0 spiro atoms. The van der Waals surface area contributed by atoms with Gasteiger partial charge in [0.2, 0.25) is 5.91 Å². The highest BCUT2D eigenvalue weighted by atomic mass is 35.5. The molecule has 0 saturated carbocycles. The van der Waals surface area contributed by atoms with Crippen molar-refractivity contribution >= 4 is 28.8 Å². The monoisotopic (exact) mass is 283 g/mol. The molecule has 0 aromatic carbocycles. The first-order valence-electron chi connectivity index (χ1n) is 6.38. The molecule has 0 aliphatic heterocycles.